The highest BCUT2D eigenvalue weighted by molar-refractivity contribution is 6.33. The van der Waals surface area contributed by atoms with Crippen molar-refractivity contribution in [1.82, 2.24) is 0 Å². The fraction of sp³-hybridized carbons (Fsp3) is 0.143. The van der Waals surface area contributed by atoms with Crippen molar-refractivity contribution in [1.29, 1.82) is 0 Å². The van der Waals surface area contributed by atoms with Crippen LogP contribution in [0.2, 0.25) is 10.0 Å². The Kier molecular flexibility index (Phi) is 4.51. The maximum absolute atomic E-state index is 13.6. The molecule has 5 heteroatoms. The summed E-state index contributed by atoms with van der Waals surface area (Å²) in [4.78, 5) is 0. The van der Waals surface area contributed by atoms with Crippen LogP contribution in [0.5, 0.6) is 5.75 Å². The predicted octanol–water partition coefficient (Wildman–Crippen LogP) is 4.75. The van der Waals surface area contributed by atoms with E-state index in [1.807, 2.05) is 0 Å². The number of hydrogen-bond acceptors (Lipinski definition) is 2. The van der Waals surface area contributed by atoms with Gasteiger partial charge in [0.1, 0.15) is 11.6 Å². The monoisotopic (exact) mass is 299 g/mol. The summed E-state index contributed by atoms with van der Waals surface area (Å²) in [6.07, 6.45) is 0. The van der Waals surface area contributed by atoms with Crippen LogP contribution < -0.4 is 10.1 Å². The lowest BCUT2D eigenvalue weighted by molar-refractivity contribution is 0.414. The first kappa shape index (κ1) is 14.0. The molecule has 2 rings (SSSR count). The maximum Gasteiger partial charge on any atom is 0.146 e. The van der Waals surface area contributed by atoms with E-state index >= 15 is 0 Å². The molecule has 0 radical (unpaired) electrons. The lowest BCUT2D eigenvalue weighted by Gasteiger charge is -2.10. The van der Waals surface area contributed by atoms with Crippen LogP contribution in [0.4, 0.5) is 10.1 Å². The third-order valence-electron chi connectivity index (χ3n) is 2.65. The Hall–Kier alpha value is -1.45. The van der Waals surface area contributed by atoms with Crippen LogP contribution in [0.15, 0.2) is 36.4 Å². The summed E-state index contributed by atoms with van der Waals surface area (Å²) in [7, 11) is 1.53. The van der Waals surface area contributed by atoms with Gasteiger partial charge in [-0.15, -0.1) is 0 Å². The van der Waals surface area contributed by atoms with Gasteiger partial charge in [-0.1, -0.05) is 23.2 Å². The van der Waals surface area contributed by atoms with Gasteiger partial charge >= 0.3 is 0 Å². The van der Waals surface area contributed by atoms with Crippen LogP contribution in [0, 0.1) is 5.82 Å². The molecule has 0 saturated carbocycles. The second-order valence-electron chi connectivity index (χ2n) is 3.94. The van der Waals surface area contributed by atoms with Crippen molar-refractivity contribution < 1.29 is 9.13 Å². The van der Waals surface area contributed by atoms with Crippen molar-refractivity contribution in [3.8, 4) is 5.75 Å². The first-order chi connectivity index (χ1) is 9.10. The van der Waals surface area contributed by atoms with Crippen molar-refractivity contribution in [2.75, 3.05) is 12.4 Å². The van der Waals surface area contributed by atoms with E-state index in [1.165, 1.54) is 13.2 Å². The van der Waals surface area contributed by atoms with Gasteiger partial charge in [0.25, 0.3) is 0 Å². The third-order valence-corrected chi connectivity index (χ3v) is 3.25. The SMILES string of the molecule is COc1ccc(F)c(NCc2cc(Cl)ccc2Cl)c1. The standard InChI is InChI=1S/C14H12Cl2FNO/c1-19-11-3-5-13(17)14(7-11)18-8-9-6-10(15)2-4-12(9)16/h2-7,18H,8H2,1H3. The fourth-order valence-corrected chi connectivity index (χ4v) is 2.02. The summed E-state index contributed by atoms with van der Waals surface area (Å²) in [5.41, 5.74) is 1.16. The van der Waals surface area contributed by atoms with E-state index in [4.69, 9.17) is 27.9 Å². The number of anilines is 1. The molecule has 0 heterocycles. The number of hydrogen-bond donors (Lipinski definition) is 1. The molecule has 2 nitrogen and oxygen atoms in total. The van der Waals surface area contributed by atoms with Crippen LogP contribution >= 0.6 is 23.2 Å². The normalized spacial score (nSPS) is 10.3. The van der Waals surface area contributed by atoms with Gasteiger partial charge in [0.15, 0.2) is 0 Å². The summed E-state index contributed by atoms with van der Waals surface area (Å²) in [6, 6.07) is 9.67. The number of ether oxygens (including phenoxy) is 1. The lowest BCUT2D eigenvalue weighted by Crippen LogP contribution is -2.02. The zero-order valence-corrected chi connectivity index (χ0v) is 11.7. The van der Waals surface area contributed by atoms with Gasteiger partial charge in [-0.05, 0) is 35.9 Å². The molecule has 100 valence electrons. The molecule has 0 fully saturated rings. The van der Waals surface area contributed by atoms with E-state index < -0.39 is 0 Å². The Morgan fingerprint density at radius 2 is 1.95 bits per heavy atom. The average Bonchev–Trinajstić information content (AvgIpc) is 2.41. The molecular weight excluding hydrogens is 288 g/mol. The minimum atomic E-state index is -0.348. The summed E-state index contributed by atoms with van der Waals surface area (Å²) in [5.74, 6) is 0.236. The van der Waals surface area contributed by atoms with Gasteiger partial charge in [0, 0.05) is 22.7 Å². The number of benzene rings is 2. The van der Waals surface area contributed by atoms with Gasteiger partial charge < -0.3 is 10.1 Å². The fourth-order valence-electron chi connectivity index (χ4n) is 1.64. The maximum atomic E-state index is 13.6. The largest absolute Gasteiger partial charge is 0.497 e. The van der Waals surface area contributed by atoms with Crippen LogP contribution in [0.3, 0.4) is 0 Å². The van der Waals surface area contributed by atoms with E-state index in [9.17, 15) is 4.39 Å². The molecule has 0 saturated heterocycles. The van der Waals surface area contributed by atoms with Crippen LogP contribution in [0.25, 0.3) is 0 Å². The molecule has 0 aliphatic carbocycles. The first-order valence-electron chi connectivity index (χ1n) is 5.61. The zero-order chi connectivity index (χ0) is 13.8. The molecule has 1 N–H and O–H groups in total. The highest BCUT2D eigenvalue weighted by Gasteiger charge is 2.06. The van der Waals surface area contributed by atoms with Crippen molar-refractivity contribution in [2.45, 2.75) is 6.54 Å². The van der Waals surface area contributed by atoms with Crippen molar-refractivity contribution in [3.05, 3.63) is 57.8 Å². The second-order valence-corrected chi connectivity index (χ2v) is 4.78. The average molecular weight is 300 g/mol. The molecule has 0 unspecified atom stereocenters. The highest BCUT2D eigenvalue weighted by Crippen LogP contribution is 2.24. The van der Waals surface area contributed by atoms with E-state index in [2.05, 4.69) is 5.32 Å². The van der Waals surface area contributed by atoms with E-state index in [-0.39, 0.29) is 5.82 Å². The Balaban J connectivity index is 2.16. The number of nitrogens with one attached hydrogen (secondary N) is 1. The highest BCUT2D eigenvalue weighted by atomic mass is 35.5. The van der Waals surface area contributed by atoms with Gasteiger partial charge in [0.2, 0.25) is 0 Å². The van der Waals surface area contributed by atoms with Crippen LogP contribution in [-0.4, -0.2) is 7.11 Å². The topological polar surface area (TPSA) is 21.3 Å². The van der Waals surface area contributed by atoms with E-state index in [1.54, 1.807) is 30.3 Å². The van der Waals surface area contributed by atoms with Crippen molar-refractivity contribution >= 4 is 28.9 Å². The minimum absolute atomic E-state index is 0.348. The Labute approximate surface area is 121 Å². The Morgan fingerprint density at radius 3 is 2.68 bits per heavy atom. The lowest BCUT2D eigenvalue weighted by atomic mass is 10.2. The number of methoxy groups -OCH3 is 1. The second kappa shape index (κ2) is 6.13. The molecular formula is C14H12Cl2FNO. The van der Waals surface area contributed by atoms with E-state index in [0.717, 1.165) is 5.56 Å². The first-order valence-corrected chi connectivity index (χ1v) is 6.37. The number of rotatable bonds is 4. The summed E-state index contributed by atoms with van der Waals surface area (Å²) < 4.78 is 18.7. The summed E-state index contributed by atoms with van der Waals surface area (Å²) in [6.45, 7) is 0.378. The van der Waals surface area contributed by atoms with Gasteiger partial charge in [-0.2, -0.15) is 0 Å². The number of halogens is 3. The zero-order valence-electron chi connectivity index (χ0n) is 10.2. The molecule has 0 aliphatic rings. The summed E-state index contributed by atoms with van der Waals surface area (Å²) in [5, 5.41) is 4.15. The minimum Gasteiger partial charge on any atom is -0.497 e. The van der Waals surface area contributed by atoms with Crippen molar-refractivity contribution in [2.24, 2.45) is 0 Å². The quantitative estimate of drug-likeness (QED) is 0.879. The molecule has 2 aromatic rings. The molecule has 0 amide bonds. The van der Waals surface area contributed by atoms with Gasteiger partial charge in [-0.3, -0.25) is 0 Å². The molecule has 19 heavy (non-hydrogen) atoms. The third kappa shape index (κ3) is 3.52. The van der Waals surface area contributed by atoms with E-state index in [0.29, 0.717) is 28.0 Å². The summed E-state index contributed by atoms with van der Waals surface area (Å²) >= 11 is 11.9. The Morgan fingerprint density at radius 1 is 1.16 bits per heavy atom. The smallest absolute Gasteiger partial charge is 0.146 e. The Bertz CT molecular complexity index is 590. The molecule has 0 spiro atoms. The molecule has 0 atom stereocenters. The van der Waals surface area contributed by atoms with Gasteiger partial charge in [0.05, 0.1) is 12.8 Å². The molecule has 0 bridgehead atoms. The van der Waals surface area contributed by atoms with Crippen molar-refractivity contribution in [3.63, 3.8) is 0 Å². The molecule has 2 aromatic carbocycles. The molecule has 0 aromatic heterocycles. The predicted molar refractivity (Wildman–Crippen MR) is 76.7 cm³/mol. The molecule has 0 aliphatic heterocycles. The van der Waals surface area contributed by atoms with Crippen LogP contribution in [0.1, 0.15) is 5.56 Å². The van der Waals surface area contributed by atoms with Crippen LogP contribution in [-0.2, 0) is 6.54 Å². The van der Waals surface area contributed by atoms with Gasteiger partial charge in [-0.25, -0.2) is 4.39 Å².